The number of halogens is 3. The second-order valence-electron chi connectivity index (χ2n) is 7.43. The lowest BCUT2D eigenvalue weighted by molar-refractivity contribution is -0.113. The first-order valence-electron chi connectivity index (χ1n) is 10.7. The highest BCUT2D eigenvalue weighted by Crippen LogP contribution is 2.28. The molecule has 0 saturated heterocycles. The summed E-state index contributed by atoms with van der Waals surface area (Å²) in [5, 5.41) is 13.1. The maximum Gasteiger partial charge on any atom is 0.234 e. The van der Waals surface area contributed by atoms with Gasteiger partial charge in [-0.15, -0.1) is 10.2 Å². The molecule has 0 unspecified atom stereocenters. The summed E-state index contributed by atoms with van der Waals surface area (Å²) >= 11 is 16.9. The number of nitrogens with one attached hydrogen (secondary N) is 1. The molecule has 0 aliphatic heterocycles. The lowest BCUT2D eigenvalue weighted by Gasteiger charge is -2.11. The van der Waals surface area contributed by atoms with Gasteiger partial charge in [-0.3, -0.25) is 4.79 Å². The number of amides is 1. The van der Waals surface area contributed by atoms with E-state index in [1.165, 1.54) is 11.8 Å². The van der Waals surface area contributed by atoms with E-state index in [0.717, 1.165) is 27.2 Å². The van der Waals surface area contributed by atoms with Crippen molar-refractivity contribution in [3.05, 3.63) is 86.8 Å². The fourth-order valence-corrected chi connectivity index (χ4v) is 4.87. The van der Waals surface area contributed by atoms with Crippen molar-refractivity contribution >= 4 is 62.5 Å². The van der Waals surface area contributed by atoms with Crippen molar-refractivity contribution in [2.75, 3.05) is 11.1 Å². The zero-order chi connectivity index (χ0) is 24.8. The number of para-hydroxylation sites is 1. The van der Waals surface area contributed by atoms with E-state index in [1.54, 1.807) is 18.2 Å². The van der Waals surface area contributed by atoms with Crippen LogP contribution in [0.15, 0.2) is 76.4 Å². The van der Waals surface area contributed by atoms with Gasteiger partial charge in [-0.1, -0.05) is 65.3 Å². The quantitative estimate of drug-likeness (QED) is 0.206. The van der Waals surface area contributed by atoms with Crippen molar-refractivity contribution in [1.82, 2.24) is 14.8 Å². The molecule has 1 amide bonds. The highest BCUT2D eigenvalue weighted by atomic mass is 79.9. The molecule has 10 heteroatoms. The molecule has 0 atom stereocenters. The van der Waals surface area contributed by atoms with Crippen molar-refractivity contribution in [2.45, 2.75) is 25.2 Å². The summed E-state index contributed by atoms with van der Waals surface area (Å²) in [6.07, 6.45) is 0. The van der Waals surface area contributed by atoms with Crippen LogP contribution in [-0.4, -0.2) is 26.4 Å². The zero-order valence-electron chi connectivity index (χ0n) is 18.7. The Morgan fingerprint density at radius 2 is 1.91 bits per heavy atom. The number of carbonyl (C=O) groups excluding carboxylic acids is 1. The lowest BCUT2D eigenvalue weighted by atomic mass is 10.1. The molecule has 1 heterocycles. The molecule has 180 valence electrons. The number of aromatic nitrogens is 3. The minimum absolute atomic E-state index is 0.154. The topological polar surface area (TPSA) is 69.0 Å². The van der Waals surface area contributed by atoms with Crippen molar-refractivity contribution in [3.8, 4) is 17.1 Å². The van der Waals surface area contributed by atoms with Gasteiger partial charge in [0.15, 0.2) is 11.0 Å². The van der Waals surface area contributed by atoms with E-state index in [2.05, 4.69) is 31.4 Å². The number of hydrogen-bond donors (Lipinski definition) is 1. The Kier molecular flexibility index (Phi) is 8.73. The van der Waals surface area contributed by atoms with Crippen molar-refractivity contribution in [2.24, 2.45) is 0 Å². The summed E-state index contributed by atoms with van der Waals surface area (Å²) in [6, 6.07) is 20.7. The number of thioether (sulfide) groups is 1. The highest BCUT2D eigenvalue weighted by Gasteiger charge is 2.16. The Balaban J connectivity index is 1.43. The van der Waals surface area contributed by atoms with E-state index in [1.807, 2.05) is 60.0 Å². The molecule has 3 aromatic carbocycles. The van der Waals surface area contributed by atoms with Crippen LogP contribution in [0.25, 0.3) is 11.4 Å². The van der Waals surface area contributed by atoms with Crippen molar-refractivity contribution in [3.63, 3.8) is 0 Å². The lowest BCUT2D eigenvalue weighted by Crippen LogP contribution is -2.15. The maximum atomic E-state index is 12.5. The third-order valence-electron chi connectivity index (χ3n) is 4.98. The van der Waals surface area contributed by atoms with E-state index in [-0.39, 0.29) is 11.7 Å². The standard InChI is InChI=1S/C25H21BrCl2N4O2S/c1-2-32-24(17-7-5-6-16(12-17)14-34-22-9-4-3-8-19(22)26)30-31-25(32)35-15-23(33)29-21-13-18(27)10-11-20(21)28/h3-13H,2,14-15H2,1H3,(H,29,33). The van der Waals surface area contributed by atoms with E-state index < -0.39 is 0 Å². The average molecular weight is 592 g/mol. The molecule has 0 aliphatic rings. The molecular formula is C25H21BrCl2N4O2S. The number of rotatable bonds is 9. The summed E-state index contributed by atoms with van der Waals surface area (Å²) in [5.74, 6) is 1.46. The summed E-state index contributed by atoms with van der Waals surface area (Å²) < 4.78 is 8.84. The van der Waals surface area contributed by atoms with Crippen LogP contribution < -0.4 is 10.1 Å². The van der Waals surface area contributed by atoms with Gasteiger partial charge in [0, 0.05) is 17.1 Å². The van der Waals surface area contributed by atoms with E-state index in [0.29, 0.717) is 34.0 Å². The van der Waals surface area contributed by atoms with Crippen LogP contribution in [-0.2, 0) is 17.9 Å². The first-order chi connectivity index (χ1) is 16.9. The van der Waals surface area contributed by atoms with Crippen LogP contribution in [0.5, 0.6) is 5.75 Å². The van der Waals surface area contributed by atoms with E-state index >= 15 is 0 Å². The summed E-state index contributed by atoms with van der Waals surface area (Å²) in [5.41, 5.74) is 2.41. The molecule has 0 bridgehead atoms. The van der Waals surface area contributed by atoms with Gasteiger partial charge in [-0.25, -0.2) is 0 Å². The molecular weight excluding hydrogens is 571 g/mol. The van der Waals surface area contributed by atoms with Gasteiger partial charge in [0.1, 0.15) is 12.4 Å². The SMILES string of the molecule is CCn1c(SCC(=O)Nc2cc(Cl)ccc2Cl)nnc1-c1cccc(COc2ccccc2Br)c1. The fourth-order valence-electron chi connectivity index (χ4n) is 3.33. The number of carbonyl (C=O) groups is 1. The van der Waals surface area contributed by atoms with Crippen LogP contribution in [0.4, 0.5) is 5.69 Å². The molecule has 1 aromatic heterocycles. The number of ether oxygens (including phenoxy) is 1. The van der Waals surface area contributed by atoms with Gasteiger partial charge >= 0.3 is 0 Å². The molecule has 4 rings (SSSR count). The molecule has 0 saturated carbocycles. The summed E-state index contributed by atoms with van der Waals surface area (Å²) in [7, 11) is 0. The number of hydrogen-bond acceptors (Lipinski definition) is 5. The number of nitrogens with zero attached hydrogens (tertiary/aromatic N) is 3. The predicted molar refractivity (Wildman–Crippen MR) is 145 cm³/mol. The molecule has 35 heavy (non-hydrogen) atoms. The second-order valence-corrected chi connectivity index (χ2v) is 10.1. The van der Waals surface area contributed by atoms with Crippen molar-refractivity contribution < 1.29 is 9.53 Å². The van der Waals surface area contributed by atoms with Crippen LogP contribution >= 0.6 is 50.9 Å². The number of anilines is 1. The number of benzene rings is 3. The largest absolute Gasteiger partial charge is 0.488 e. The molecule has 6 nitrogen and oxygen atoms in total. The first kappa shape index (κ1) is 25.6. The smallest absolute Gasteiger partial charge is 0.234 e. The molecule has 0 aliphatic carbocycles. The Bertz CT molecular complexity index is 1350. The third-order valence-corrected chi connectivity index (χ3v) is 7.17. The molecule has 0 spiro atoms. The summed E-state index contributed by atoms with van der Waals surface area (Å²) in [4.78, 5) is 12.5. The zero-order valence-corrected chi connectivity index (χ0v) is 22.6. The Morgan fingerprint density at radius 3 is 2.71 bits per heavy atom. The first-order valence-corrected chi connectivity index (χ1v) is 13.3. The molecule has 0 fully saturated rings. The summed E-state index contributed by atoms with van der Waals surface area (Å²) in [6.45, 7) is 3.09. The van der Waals surface area contributed by atoms with Crippen LogP contribution in [0.3, 0.4) is 0 Å². The monoisotopic (exact) mass is 590 g/mol. The van der Waals surface area contributed by atoms with Crippen molar-refractivity contribution in [1.29, 1.82) is 0 Å². The predicted octanol–water partition coefficient (Wildman–Crippen LogP) is 7.34. The van der Waals surface area contributed by atoms with Gasteiger partial charge in [0.2, 0.25) is 5.91 Å². The minimum atomic E-state index is -0.211. The fraction of sp³-hybridized carbons (Fsp3) is 0.160. The van der Waals surface area contributed by atoms with Gasteiger partial charge < -0.3 is 14.6 Å². The Morgan fingerprint density at radius 1 is 1.09 bits per heavy atom. The second kappa shape index (κ2) is 11.9. The van der Waals surface area contributed by atoms with E-state index in [4.69, 9.17) is 27.9 Å². The molecule has 1 N–H and O–H groups in total. The molecule has 0 radical (unpaired) electrons. The van der Waals surface area contributed by atoms with Crippen LogP contribution in [0.2, 0.25) is 10.0 Å². The van der Waals surface area contributed by atoms with Gasteiger partial charge in [-0.05, 0) is 64.8 Å². The average Bonchev–Trinajstić information content (AvgIpc) is 3.28. The minimum Gasteiger partial charge on any atom is -0.488 e. The maximum absolute atomic E-state index is 12.5. The van der Waals surface area contributed by atoms with Crippen LogP contribution in [0, 0.1) is 0 Å². The van der Waals surface area contributed by atoms with Gasteiger partial charge in [0.25, 0.3) is 0 Å². The Labute approximate surface area is 226 Å². The third kappa shape index (κ3) is 6.58. The normalized spacial score (nSPS) is 10.9. The highest BCUT2D eigenvalue weighted by molar-refractivity contribution is 9.10. The molecule has 4 aromatic rings. The Hall–Kier alpha value is -2.52. The van der Waals surface area contributed by atoms with Crippen LogP contribution in [0.1, 0.15) is 12.5 Å². The van der Waals surface area contributed by atoms with Gasteiger partial charge in [-0.2, -0.15) is 0 Å². The van der Waals surface area contributed by atoms with Gasteiger partial charge in [0.05, 0.1) is 20.9 Å². The van der Waals surface area contributed by atoms with E-state index in [9.17, 15) is 4.79 Å².